The van der Waals surface area contributed by atoms with Crippen molar-refractivity contribution >= 4 is 17.9 Å². The van der Waals surface area contributed by atoms with Gasteiger partial charge in [-0.25, -0.2) is 0 Å². The molecule has 0 aliphatic rings. The van der Waals surface area contributed by atoms with Gasteiger partial charge in [-0.2, -0.15) is 0 Å². The molecule has 0 rings (SSSR count). The second-order valence-electron chi connectivity index (χ2n) is 20.9. The van der Waals surface area contributed by atoms with Gasteiger partial charge in [-0.05, 0) is 83.5 Å². The van der Waals surface area contributed by atoms with E-state index in [4.69, 9.17) is 14.2 Å². The monoisotopic (exact) mass is 1020 g/mol. The van der Waals surface area contributed by atoms with E-state index in [1.807, 2.05) is 0 Å². The van der Waals surface area contributed by atoms with Crippen LogP contribution < -0.4 is 0 Å². The second kappa shape index (κ2) is 61.4. The van der Waals surface area contributed by atoms with E-state index in [-0.39, 0.29) is 31.1 Å². The van der Waals surface area contributed by atoms with Gasteiger partial charge in [0.1, 0.15) is 13.2 Å². The smallest absolute Gasteiger partial charge is 0.306 e. The number of rotatable bonds is 57. The van der Waals surface area contributed by atoms with Crippen LogP contribution in [0.1, 0.15) is 316 Å². The van der Waals surface area contributed by atoms with Gasteiger partial charge in [0.25, 0.3) is 0 Å². The third-order valence-corrected chi connectivity index (χ3v) is 13.7. The molecule has 0 bridgehead atoms. The summed E-state index contributed by atoms with van der Waals surface area (Å²) in [5.74, 6) is -0.881. The summed E-state index contributed by atoms with van der Waals surface area (Å²) in [6.07, 6.45) is 79.4. The molecule has 0 aromatic rings. The van der Waals surface area contributed by atoms with E-state index < -0.39 is 6.10 Å². The molecule has 0 fully saturated rings. The number of carbonyl (C=O) groups is 3. The van der Waals surface area contributed by atoms with Gasteiger partial charge in [0.15, 0.2) is 6.10 Å². The van der Waals surface area contributed by atoms with Crippen LogP contribution in [0.5, 0.6) is 0 Å². The van der Waals surface area contributed by atoms with Gasteiger partial charge in [0, 0.05) is 19.3 Å². The van der Waals surface area contributed by atoms with E-state index in [0.717, 1.165) is 116 Å². The molecular formula is C67H118O6. The largest absolute Gasteiger partial charge is 0.462 e. The van der Waals surface area contributed by atoms with E-state index >= 15 is 0 Å². The number of hydrogen-bond donors (Lipinski definition) is 0. The van der Waals surface area contributed by atoms with E-state index in [1.54, 1.807) is 0 Å². The Balaban J connectivity index is 4.01. The first-order chi connectivity index (χ1) is 36.0. The maximum Gasteiger partial charge on any atom is 0.306 e. The van der Waals surface area contributed by atoms with Crippen LogP contribution in [0.15, 0.2) is 72.9 Å². The molecule has 1 atom stereocenters. The second-order valence-corrected chi connectivity index (χ2v) is 20.9. The minimum absolute atomic E-state index is 0.0763. The van der Waals surface area contributed by atoms with E-state index in [1.165, 1.54) is 161 Å². The number of esters is 3. The SMILES string of the molecule is CC/C=C\C/C=C\C/C=C\C/C=C\CCCCCCCCCCCCCCCCCCCCCCC(=O)OCC(COC(=O)CCCCCCCCCCC)OC(=O)CCCCCCC/C=C\C/C=C\CCC. The van der Waals surface area contributed by atoms with Crippen LogP contribution in [0.4, 0.5) is 0 Å². The molecule has 0 saturated carbocycles. The quantitative estimate of drug-likeness (QED) is 0.0261. The number of carbonyl (C=O) groups excluding carboxylic acids is 3. The van der Waals surface area contributed by atoms with Crippen LogP contribution >= 0.6 is 0 Å². The summed E-state index contributed by atoms with van der Waals surface area (Å²) in [6.45, 7) is 6.46. The molecule has 422 valence electrons. The fourth-order valence-electron chi connectivity index (χ4n) is 9.00. The average molecular weight is 1020 g/mol. The maximum absolute atomic E-state index is 12.8. The molecule has 0 amide bonds. The zero-order valence-corrected chi connectivity index (χ0v) is 48.4. The molecule has 0 spiro atoms. The summed E-state index contributed by atoms with van der Waals surface area (Å²) in [5.41, 5.74) is 0. The van der Waals surface area contributed by atoms with Crippen LogP contribution in [0.2, 0.25) is 0 Å². The van der Waals surface area contributed by atoms with Crippen LogP contribution in [-0.2, 0) is 28.6 Å². The topological polar surface area (TPSA) is 78.9 Å². The predicted octanol–water partition coefficient (Wildman–Crippen LogP) is 21.3. The molecule has 6 heteroatoms. The predicted molar refractivity (Wildman–Crippen MR) is 316 cm³/mol. The fourth-order valence-corrected chi connectivity index (χ4v) is 9.00. The number of hydrogen-bond acceptors (Lipinski definition) is 6. The van der Waals surface area contributed by atoms with Gasteiger partial charge in [0.2, 0.25) is 0 Å². The Bertz CT molecular complexity index is 1360. The summed E-state index contributed by atoms with van der Waals surface area (Å²) >= 11 is 0. The zero-order chi connectivity index (χ0) is 52.9. The van der Waals surface area contributed by atoms with Crippen molar-refractivity contribution in [2.24, 2.45) is 0 Å². The van der Waals surface area contributed by atoms with E-state index in [2.05, 4.69) is 93.7 Å². The van der Waals surface area contributed by atoms with Gasteiger partial charge in [-0.3, -0.25) is 14.4 Å². The van der Waals surface area contributed by atoms with Crippen molar-refractivity contribution in [3.05, 3.63) is 72.9 Å². The van der Waals surface area contributed by atoms with Gasteiger partial charge in [0.05, 0.1) is 0 Å². The molecule has 0 N–H and O–H groups in total. The van der Waals surface area contributed by atoms with Crippen LogP contribution in [0, 0.1) is 0 Å². The third kappa shape index (κ3) is 59.6. The summed E-state index contributed by atoms with van der Waals surface area (Å²) in [6, 6.07) is 0. The van der Waals surface area contributed by atoms with Crippen LogP contribution in [0.3, 0.4) is 0 Å². The van der Waals surface area contributed by atoms with Gasteiger partial charge >= 0.3 is 17.9 Å². The number of unbranched alkanes of at least 4 members (excludes halogenated alkanes) is 34. The highest BCUT2D eigenvalue weighted by Gasteiger charge is 2.19. The lowest BCUT2D eigenvalue weighted by Gasteiger charge is -2.18. The minimum Gasteiger partial charge on any atom is -0.462 e. The van der Waals surface area contributed by atoms with Crippen LogP contribution in [0.25, 0.3) is 0 Å². The Labute approximate surface area is 453 Å². The van der Waals surface area contributed by atoms with Gasteiger partial charge in [-0.1, -0.05) is 286 Å². The van der Waals surface area contributed by atoms with Crippen LogP contribution in [-0.4, -0.2) is 37.2 Å². The Kier molecular flexibility index (Phi) is 58.7. The van der Waals surface area contributed by atoms with Crippen molar-refractivity contribution in [3.8, 4) is 0 Å². The molecule has 0 aliphatic carbocycles. The lowest BCUT2D eigenvalue weighted by atomic mass is 10.0. The van der Waals surface area contributed by atoms with Crippen molar-refractivity contribution in [2.75, 3.05) is 13.2 Å². The molecule has 0 aliphatic heterocycles. The summed E-state index contributed by atoms with van der Waals surface area (Å²) in [5, 5.41) is 0. The number of allylic oxidation sites excluding steroid dienone is 12. The number of ether oxygens (including phenoxy) is 3. The standard InChI is InChI=1S/C67H118O6/c1-4-7-10-13-16-19-21-23-24-25-26-27-28-29-30-31-32-33-34-35-36-37-38-39-40-41-42-44-45-48-51-54-57-60-66(69)72-63-64(62-71-65(68)59-56-53-50-47-18-15-12-9-6-3)73-67(70)61-58-55-52-49-46-43-22-20-17-14-11-8-5-2/h7,10-11,14,16,19-20,22-24,26-27,64H,4-6,8-9,12-13,15,17-18,21,25,28-63H2,1-3H3/b10-7-,14-11-,19-16-,22-20-,24-23-,27-26-. The Morgan fingerprint density at radius 3 is 0.890 bits per heavy atom. The molecule has 0 aromatic heterocycles. The van der Waals surface area contributed by atoms with Crippen molar-refractivity contribution in [1.29, 1.82) is 0 Å². The zero-order valence-electron chi connectivity index (χ0n) is 48.4. The molecule has 1 unspecified atom stereocenters. The first-order valence-electron chi connectivity index (χ1n) is 31.4. The van der Waals surface area contributed by atoms with E-state index in [9.17, 15) is 14.4 Å². The third-order valence-electron chi connectivity index (χ3n) is 13.7. The molecule has 0 heterocycles. The molecule has 0 saturated heterocycles. The highest BCUT2D eigenvalue weighted by Crippen LogP contribution is 2.17. The van der Waals surface area contributed by atoms with Crippen molar-refractivity contribution < 1.29 is 28.6 Å². The first-order valence-corrected chi connectivity index (χ1v) is 31.4. The minimum atomic E-state index is -0.777. The highest BCUT2D eigenvalue weighted by atomic mass is 16.6. The molecule has 73 heavy (non-hydrogen) atoms. The van der Waals surface area contributed by atoms with Crippen molar-refractivity contribution in [3.63, 3.8) is 0 Å². The van der Waals surface area contributed by atoms with Crippen molar-refractivity contribution in [2.45, 2.75) is 322 Å². The Morgan fingerprint density at radius 1 is 0.288 bits per heavy atom. The molecule has 0 aromatic carbocycles. The molecule has 0 radical (unpaired) electrons. The summed E-state index contributed by atoms with van der Waals surface area (Å²) in [4.78, 5) is 38.0. The molecular weight excluding hydrogens is 901 g/mol. The normalized spacial score (nSPS) is 12.5. The highest BCUT2D eigenvalue weighted by molar-refractivity contribution is 5.71. The molecule has 6 nitrogen and oxygen atoms in total. The lowest BCUT2D eigenvalue weighted by Crippen LogP contribution is -2.30. The van der Waals surface area contributed by atoms with Crippen molar-refractivity contribution in [1.82, 2.24) is 0 Å². The summed E-state index contributed by atoms with van der Waals surface area (Å²) in [7, 11) is 0. The average Bonchev–Trinajstić information content (AvgIpc) is 3.39. The van der Waals surface area contributed by atoms with Gasteiger partial charge < -0.3 is 14.2 Å². The van der Waals surface area contributed by atoms with E-state index in [0.29, 0.717) is 19.3 Å². The Hall–Kier alpha value is -3.15. The van der Waals surface area contributed by atoms with Gasteiger partial charge in [-0.15, -0.1) is 0 Å². The first kappa shape index (κ1) is 69.8. The maximum atomic E-state index is 12.8. The summed E-state index contributed by atoms with van der Waals surface area (Å²) < 4.78 is 16.8. The fraction of sp³-hybridized carbons (Fsp3) is 0.776. The Morgan fingerprint density at radius 2 is 0.562 bits per heavy atom. The lowest BCUT2D eigenvalue weighted by molar-refractivity contribution is -0.167.